The first kappa shape index (κ1) is 46.3. The Morgan fingerprint density at radius 1 is 0.609 bits per heavy atom. The number of pyridine rings is 4. The van der Waals surface area contributed by atoms with Crippen molar-refractivity contribution >= 4 is 5.97 Å². The van der Waals surface area contributed by atoms with Gasteiger partial charge in [0.15, 0.2) is 0 Å². The molecule has 11 heteroatoms. The minimum Gasteiger partial charge on any atom is -0.465 e. The van der Waals surface area contributed by atoms with Gasteiger partial charge in [0.1, 0.15) is 0 Å². The maximum absolute atomic E-state index is 12.0. The molecule has 2 aliphatic rings. The van der Waals surface area contributed by atoms with Gasteiger partial charge in [0, 0.05) is 51.0 Å². The van der Waals surface area contributed by atoms with E-state index in [1.807, 2.05) is 61.2 Å². The van der Waals surface area contributed by atoms with E-state index in [9.17, 15) is 20.1 Å². The third-order valence-corrected chi connectivity index (χ3v) is 12.7. The third-order valence-electron chi connectivity index (χ3n) is 12.7. The number of methoxy groups -OCH3 is 1. The predicted molar refractivity (Wildman–Crippen MR) is 248 cm³/mol. The zero-order chi connectivity index (χ0) is 45.2. The normalized spacial score (nSPS) is 15.6. The maximum atomic E-state index is 12.0. The summed E-state index contributed by atoms with van der Waals surface area (Å²) in [5.74, 6) is -0.405. The van der Waals surface area contributed by atoms with E-state index in [4.69, 9.17) is 24.7 Å². The molecule has 8 rings (SSSR count). The Bertz CT molecular complexity index is 2540. The molecule has 3 N–H and O–H groups in total. The van der Waals surface area contributed by atoms with Crippen molar-refractivity contribution in [1.29, 1.82) is 0 Å². The summed E-state index contributed by atoms with van der Waals surface area (Å²) in [7, 11) is 1.36. The number of rotatable bonds is 14. The Morgan fingerprint density at radius 3 is 1.58 bits per heavy atom. The van der Waals surface area contributed by atoms with Crippen molar-refractivity contribution in [2.24, 2.45) is 0 Å². The van der Waals surface area contributed by atoms with Gasteiger partial charge >= 0.3 is 5.97 Å². The number of hydrogen-bond donors (Lipinski definition) is 3. The van der Waals surface area contributed by atoms with Gasteiger partial charge in [0.2, 0.25) is 0 Å². The van der Waals surface area contributed by atoms with Crippen LogP contribution in [0, 0.1) is 27.7 Å². The molecule has 0 aliphatic heterocycles. The molecule has 4 aromatic heterocycles. The lowest BCUT2D eigenvalue weighted by Gasteiger charge is -2.35. The number of nitrogens with zero attached hydrogens (tertiary/aromatic N) is 6. The lowest BCUT2D eigenvalue weighted by Crippen LogP contribution is -2.32. The summed E-state index contributed by atoms with van der Waals surface area (Å²) in [6.45, 7) is 10.8. The number of aliphatic hydroxyl groups is 3. The van der Waals surface area contributed by atoms with E-state index in [1.165, 1.54) is 34.9 Å². The SMILES string of the molecule is COC(=O)c1ccc(CN(Cc2ncc(C)cc2C)[C@H]2CCCc3cccnc32)c(CO)c1.Cc1cnc(CN(Cc2ccc(CO)cc2CO)[C@H]2CCCc3cccnc32)c(C)c1. The second kappa shape index (κ2) is 21.8. The van der Waals surface area contributed by atoms with Crippen LogP contribution in [0.1, 0.15) is 132 Å². The summed E-state index contributed by atoms with van der Waals surface area (Å²) in [6.07, 6.45) is 14.0. The van der Waals surface area contributed by atoms with E-state index in [0.717, 1.165) is 101 Å². The fourth-order valence-electron chi connectivity index (χ4n) is 9.33. The zero-order valence-corrected chi connectivity index (χ0v) is 37.9. The Balaban J connectivity index is 0.000000192. The van der Waals surface area contributed by atoms with Crippen LogP contribution in [-0.2, 0) is 63.6 Å². The number of carbonyl (C=O) groups excluding carboxylic acids is 1. The number of carbonyl (C=O) groups is 1. The number of ether oxygens (including phenoxy) is 1. The smallest absolute Gasteiger partial charge is 0.337 e. The first-order valence-electron chi connectivity index (χ1n) is 22.4. The van der Waals surface area contributed by atoms with Gasteiger partial charge in [-0.1, -0.05) is 48.5 Å². The number of hydrogen-bond acceptors (Lipinski definition) is 11. The molecule has 2 atom stereocenters. The van der Waals surface area contributed by atoms with Crippen molar-refractivity contribution in [2.75, 3.05) is 7.11 Å². The number of benzene rings is 2. The number of aliphatic hydroxyl groups excluding tert-OH is 3. The monoisotopic (exact) mass is 862 g/mol. The van der Waals surface area contributed by atoms with Crippen LogP contribution in [0.3, 0.4) is 0 Å². The van der Waals surface area contributed by atoms with Crippen LogP contribution < -0.4 is 0 Å². The molecule has 64 heavy (non-hydrogen) atoms. The molecule has 0 spiro atoms. The summed E-state index contributed by atoms with van der Waals surface area (Å²) in [4.78, 5) is 35.8. The number of esters is 1. The molecule has 0 amide bonds. The maximum Gasteiger partial charge on any atom is 0.337 e. The molecular formula is C53H62N6O5. The molecule has 0 radical (unpaired) electrons. The lowest BCUT2D eigenvalue weighted by molar-refractivity contribution is 0.0600. The second-order valence-corrected chi connectivity index (χ2v) is 17.3. The highest BCUT2D eigenvalue weighted by atomic mass is 16.5. The van der Waals surface area contributed by atoms with E-state index in [-0.39, 0.29) is 31.9 Å². The van der Waals surface area contributed by atoms with Crippen molar-refractivity contribution in [1.82, 2.24) is 29.7 Å². The van der Waals surface area contributed by atoms with Gasteiger partial charge in [-0.15, -0.1) is 0 Å². The number of aromatic nitrogens is 4. The lowest BCUT2D eigenvalue weighted by atomic mass is 9.90. The highest BCUT2D eigenvalue weighted by molar-refractivity contribution is 5.89. The summed E-state index contributed by atoms with van der Waals surface area (Å²) in [5, 5.41) is 29.5. The average molecular weight is 863 g/mol. The summed E-state index contributed by atoms with van der Waals surface area (Å²) in [5.41, 5.74) is 16.6. The van der Waals surface area contributed by atoms with Crippen LogP contribution in [-0.4, -0.2) is 58.1 Å². The van der Waals surface area contributed by atoms with Crippen molar-refractivity contribution in [3.05, 3.63) is 187 Å². The van der Waals surface area contributed by atoms with Gasteiger partial charge in [-0.2, -0.15) is 0 Å². The van der Waals surface area contributed by atoms with E-state index in [2.05, 4.69) is 61.8 Å². The fourth-order valence-corrected chi connectivity index (χ4v) is 9.33. The van der Waals surface area contributed by atoms with Crippen LogP contribution in [0.15, 0.2) is 97.6 Å². The summed E-state index contributed by atoms with van der Waals surface area (Å²) >= 11 is 0. The van der Waals surface area contributed by atoms with Gasteiger partial charge < -0.3 is 20.1 Å². The van der Waals surface area contributed by atoms with Crippen molar-refractivity contribution in [3.63, 3.8) is 0 Å². The van der Waals surface area contributed by atoms with E-state index in [1.54, 1.807) is 12.1 Å². The summed E-state index contributed by atoms with van der Waals surface area (Å²) < 4.78 is 4.85. The minimum absolute atomic E-state index is 0.0244. The quantitative estimate of drug-likeness (QED) is 0.0906. The van der Waals surface area contributed by atoms with Crippen LogP contribution in [0.4, 0.5) is 0 Å². The molecule has 11 nitrogen and oxygen atoms in total. The molecule has 2 aromatic carbocycles. The Morgan fingerprint density at radius 2 is 1.11 bits per heavy atom. The van der Waals surface area contributed by atoms with Gasteiger partial charge in [-0.3, -0.25) is 29.7 Å². The van der Waals surface area contributed by atoms with E-state index < -0.39 is 5.97 Å². The highest BCUT2D eigenvalue weighted by Gasteiger charge is 2.30. The van der Waals surface area contributed by atoms with Gasteiger partial charge in [-0.25, -0.2) is 4.79 Å². The topological polar surface area (TPSA) is 145 Å². The molecule has 0 saturated heterocycles. The number of fused-ring (bicyclic) bond motifs is 2. The van der Waals surface area contributed by atoms with E-state index in [0.29, 0.717) is 25.2 Å². The molecular weight excluding hydrogens is 801 g/mol. The highest BCUT2D eigenvalue weighted by Crippen LogP contribution is 2.37. The zero-order valence-electron chi connectivity index (χ0n) is 37.9. The van der Waals surface area contributed by atoms with Gasteiger partial charge in [0.25, 0.3) is 0 Å². The Labute approximate surface area is 377 Å². The van der Waals surface area contributed by atoms with Crippen LogP contribution in [0.2, 0.25) is 0 Å². The predicted octanol–water partition coefficient (Wildman–Crippen LogP) is 8.61. The van der Waals surface area contributed by atoms with Crippen LogP contribution in [0.25, 0.3) is 0 Å². The van der Waals surface area contributed by atoms with E-state index >= 15 is 0 Å². The number of aryl methyl sites for hydroxylation is 6. The minimum atomic E-state index is -0.405. The third kappa shape index (κ3) is 11.1. The van der Waals surface area contributed by atoms with Crippen molar-refractivity contribution < 1.29 is 24.9 Å². The molecule has 6 aromatic rings. The fraction of sp³-hybridized carbons (Fsp3) is 0.377. The molecule has 334 valence electrons. The first-order valence-corrected chi connectivity index (χ1v) is 22.4. The first-order chi connectivity index (χ1) is 31.1. The molecule has 0 unspecified atom stereocenters. The molecule has 2 aliphatic carbocycles. The van der Waals surface area contributed by atoms with Gasteiger partial charge in [-0.05, 0) is 152 Å². The molecule has 0 fully saturated rings. The molecule has 0 bridgehead atoms. The van der Waals surface area contributed by atoms with Crippen molar-refractivity contribution in [3.8, 4) is 0 Å². The molecule has 4 heterocycles. The average Bonchev–Trinajstić information content (AvgIpc) is 3.32. The Hall–Kier alpha value is -5.69. The van der Waals surface area contributed by atoms with Crippen LogP contribution in [0.5, 0.6) is 0 Å². The largest absolute Gasteiger partial charge is 0.465 e. The van der Waals surface area contributed by atoms with Crippen molar-refractivity contribution in [2.45, 2.75) is 124 Å². The standard InChI is InChI=1S/C27H31N3O3.C26H31N3O2/c1-18-12-19(2)24(29-14-18)16-30(25-8-4-6-20-7-5-11-28-26(20)25)15-22-10-9-21(27(32)33-3)13-23(22)17-31;1-18-11-19(2)24(28-13-18)15-29(14-22-9-8-20(16-30)12-23(22)17-31)25-7-3-5-21-6-4-10-27-26(21)25/h5,7,9-14,25,31H,4,6,8,15-17H2,1-3H3;4,6,8-13,25,30-31H,3,5,7,14-17H2,1-2H3/t2*25-/m00/s1. The molecule has 0 saturated carbocycles. The summed E-state index contributed by atoms with van der Waals surface area (Å²) in [6, 6.07) is 24.4. The van der Waals surface area contributed by atoms with Gasteiger partial charge in [0.05, 0.1) is 67.4 Å². The Kier molecular flexibility index (Phi) is 15.8. The second-order valence-electron chi connectivity index (χ2n) is 17.3. The van der Waals surface area contributed by atoms with Crippen LogP contribution >= 0.6 is 0 Å².